The second-order valence-electron chi connectivity index (χ2n) is 9.70. The fraction of sp³-hybridized carbons (Fsp3) is 0.233. The van der Waals surface area contributed by atoms with Gasteiger partial charge in [-0.3, -0.25) is 4.79 Å². The number of nitrogens with two attached hydrogens (primary N) is 1. The van der Waals surface area contributed by atoms with E-state index in [-0.39, 0.29) is 34.8 Å². The van der Waals surface area contributed by atoms with Gasteiger partial charge in [0, 0.05) is 18.3 Å². The maximum absolute atomic E-state index is 13.5. The highest BCUT2D eigenvalue weighted by Gasteiger charge is 2.36. The Morgan fingerprint density at radius 3 is 2.54 bits per heavy atom. The number of amides is 1. The molecule has 3 aromatic carbocycles. The summed E-state index contributed by atoms with van der Waals surface area (Å²) in [7, 11) is 0. The van der Waals surface area contributed by atoms with Gasteiger partial charge < -0.3 is 20.9 Å². The quantitative estimate of drug-likeness (QED) is 0.282. The third kappa shape index (κ3) is 6.15. The molecule has 8 nitrogen and oxygen atoms in total. The second-order valence-corrected chi connectivity index (χ2v) is 9.70. The number of alkyl halides is 3. The first-order valence-corrected chi connectivity index (χ1v) is 12.9. The summed E-state index contributed by atoms with van der Waals surface area (Å²) < 4.78 is 47.2. The molecule has 4 aromatic rings. The van der Waals surface area contributed by atoms with Gasteiger partial charge in [0.15, 0.2) is 5.69 Å². The zero-order valence-corrected chi connectivity index (χ0v) is 21.7. The molecule has 0 aliphatic carbocycles. The van der Waals surface area contributed by atoms with Crippen LogP contribution in [0.4, 0.5) is 18.9 Å². The number of anilines is 1. The number of carbonyl (C=O) groups excluding carboxylic acids is 1. The normalized spacial score (nSPS) is 17.7. The van der Waals surface area contributed by atoms with Gasteiger partial charge in [0.25, 0.3) is 5.91 Å². The molecule has 210 valence electrons. The summed E-state index contributed by atoms with van der Waals surface area (Å²) >= 11 is 0. The summed E-state index contributed by atoms with van der Waals surface area (Å²) in [4.78, 5) is 13.2. The Hall–Kier alpha value is -4.50. The second kappa shape index (κ2) is 11.5. The molecular weight excluding hydrogens is 535 g/mol. The number of aromatic nitrogens is 2. The van der Waals surface area contributed by atoms with Crippen molar-refractivity contribution in [3.8, 4) is 11.8 Å². The van der Waals surface area contributed by atoms with Crippen molar-refractivity contribution in [2.75, 3.05) is 11.9 Å². The molecule has 1 saturated heterocycles. The number of hydrogen-bond donors (Lipinski definition) is 3. The zero-order valence-electron chi connectivity index (χ0n) is 21.7. The molecule has 1 aliphatic heterocycles. The topological polar surface area (TPSA) is 126 Å². The van der Waals surface area contributed by atoms with Crippen molar-refractivity contribution in [3.05, 3.63) is 113 Å². The Balaban J connectivity index is 1.36. The van der Waals surface area contributed by atoms with Crippen LogP contribution < -0.4 is 11.1 Å². The molecule has 3 unspecified atom stereocenters. The Morgan fingerprint density at radius 1 is 1.10 bits per heavy atom. The number of nitriles is 1. The zero-order chi connectivity index (χ0) is 29.1. The van der Waals surface area contributed by atoms with Gasteiger partial charge in [0.05, 0.1) is 29.5 Å². The Morgan fingerprint density at radius 2 is 1.85 bits per heavy atom. The number of rotatable bonds is 7. The molecule has 11 heteroatoms. The molecule has 0 bridgehead atoms. The minimum absolute atomic E-state index is 0.0399. The molecular formula is C30H26F3N5O3. The number of ether oxygens (including phenoxy) is 1. The lowest BCUT2D eigenvalue weighted by atomic mass is 9.98. The Kier molecular flexibility index (Phi) is 7.90. The van der Waals surface area contributed by atoms with Gasteiger partial charge in [-0.15, -0.1) is 0 Å². The van der Waals surface area contributed by atoms with Crippen molar-refractivity contribution in [1.82, 2.24) is 9.78 Å². The molecule has 41 heavy (non-hydrogen) atoms. The van der Waals surface area contributed by atoms with Crippen LogP contribution in [0.3, 0.4) is 0 Å². The average Bonchev–Trinajstić information content (AvgIpc) is 3.65. The van der Waals surface area contributed by atoms with Crippen LogP contribution in [0.2, 0.25) is 0 Å². The lowest BCUT2D eigenvalue weighted by molar-refractivity contribution is -0.141. The SMILES string of the molecule is N#Cc1cccc(-n2nc(C(F)(F)F)cc2C(=O)Nc2cccc(C(O)c3ccc(C4CCC(CN)O4)cc3)c2)c1. The first-order chi connectivity index (χ1) is 19.7. The predicted octanol–water partition coefficient (Wildman–Crippen LogP) is 5.28. The number of hydrogen-bond acceptors (Lipinski definition) is 6. The lowest BCUT2D eigenvalue weighted by Gasteiger charge is -2.16. The van der Waals surface area contributed by atoms with Gasteiger partial charge in [-0.2, -0.15) is 23.5 Å². The van der Waals surface area contributed by atoms with Gasteiger partial charge in [0.1, 0.15) is 11.8 Å². The summed E-state index contributed by atoms with van der Waals surface area (Å²) in [6, 6.07) is 22.1. The fourth-order valence-corrected chi connectivity index (χ4v) is 4.78. The van der Waals surface area contributed by atoms with Crippen LogP contribution >= 0.6 is 0 Å². The molecule has 1 fully saturated rings. The molecule has 5 rings (SSSR count). The minimum atomic E-state index is -4.79. The summed E-state index contributed by atoms with van der Waals surface area (Å²) in [5.74, 6) is -0.848. The molecule has 0 saturated carbocycles. The smallest absolute Gasteiger partial charge is 0.384 e. The van der Waals surface area contributed by atoms with Gasteiger partial charge in [-0.25, -0.2) is 4.68 Å². The van der Waals surface area contributed by atoms with Gasteiger partial charge in [-0.05, 0) is 59.9 Å². The van der Waals surface area contributed by atoms with Crippen LogP contribution in [0.15, 0.2) is 78.9 Å². The van der Waals surface area contributed by atoms with Crippen LogP contribution in [-0.4, -0.2) is 33.4 Å². The van der Waals surface area contributed by atoms with E-state index in [0.717, 1.165) is 23.1 Å². The van der Waals surface area contributed by atoms with Crippen molar-refractivity contribution in [1.29, 1.82) is 5.26 Å². The molecule has 4 N–H and O–H groups in total. The first-order valence-electron chi connectivity index (χ1n) is 12.9. The summed E-state index contributed by atoms with van der Waals surface area (Å²) in [5, 5.41) is 26.4. The molecule has 1 aliphatic rings. The molecule has 2 heterocycles. The van der Waals surface area contributed by atoms with Crippen molar-refractivity contribution in [2.24, 2.45) is 5.73 Å². The highest BCUT2D eigenvalue weighted by molar-refractivity contribution is 6.03. The van der Waals surface area contributed by atoms with E-state index < -0.39 is 23.9 Å². The van der Waals surface area contributed by atoms with E-state index in [0.29, 0.717) is 23.7 Å². The highest BCUT2D eigenvalue weighted by atomic mass is 19.4. The molecule has 1 aromatic heterocycles. The van der Waals surface area contributed by atoms with E-state index >= 15 is 0 Å². The van der Waals surface area contributed by atoms with E-state index in [2.05, 4.69) is 10.4 Å². The minimum Gasteiger partial charge on any atom is -0.384 e. The van der Waals surface area contributed by atoms with Gasteiger partial charge >= 0.3 is 6.18 Å². The van der Waals surface area contributed by atoms with Crippen molar-refractivity contribution >= 4 is 11.6 Å². The van der Waals surface area contributed by atoms with Crippen LogP contribution in [0.1, 0.15) is 63.5 Å². The molecule has 3 atom stereocenters. The predicted molar refractivity (Wildman–Crippen MR) is 144 cm³/mol. The third-order valence-corrected chi connectivity index (χ3v) is 6.91. The van der Waals surface area contributed by atoms with Crippen molar-refractivity contribution < 1.29 is 27.8 Å². The number of halogens is 3. The third-order valence-electron chi connectivity index (χ3n) is 6.91. The van der Waals surface area contributed by atoms with E-state index in [4.69, 9.17) is 10.5 Å². The van der Waals surface area contributed by atoms with Crippen LogP contribution in [0.25, 0.3) is 5.69 Å². The number of aliphatic hydroxyl groups is 1. The average molecular weight is 562 g/mol. The van der Waals surface area contributed by atoms with Gasteiger partial charge in [-0.1, -0.05) is 42.5 Å². The number of carbonyl (C=O) groups is 1. The number of benzene rings is 3. The molecule has 0 radical (unpaired) electrons. The maximum Gasteiger partial charge on any atom is 0.435 e. The first kappa shape index (κ1) is 28.0. The van der Waals surface area contributed by atoms with Crippen LogP contribution in [0, 0.1) is 11.3 Å². The Bertz CT molecular complexity index is 1590. The largest absolute Gasteiger partial charge is 0.435 e. The standard InChI is InChI=1S/C30H26F3N5O3/c31-30(32,33)27-15-25(38(37-27)23-6-1-3-18(13-23)16-34)29(40)36-22-5-2-4-21(14-22)28(39)20-9-7-19(8-10-20)26-12-11-24(17-35)41-26/h1-10,13-15,24,26,28,39H,11-12,17,35H2,(H,36,40). The van der Waals surface area contributed by atoms with Crippen LogP contribution in [0.5, 0.6) is 0 Å². The van der Waals surface area contributed by atoms with Crippen molar-refractivity contribution in [2.45, 2.75) is 37.3 Å². The van der Waals surface area contributed by atoms with Crippen molar-refractivity contribution in [3.63, 3.8) is 0 Å². The lowest BCUT2D eigenvalue weighted by Crippen LogP contribution is -2.18. The monoisotopic (exact) mass is 561 g/mol. The molecule has 1 amide bonds. The van der Waals surface area contributed by atoms with E-state index in [1.807, 2.05) is 18.2 Å². The van der Waals surface area contributed by atoms with E-state index in [1.54, 1.807) is 36.4 Å². The van der Waals surface area contributed by atoms with Gasteiger partial charge in [0.2, 0.25) is 0 Å². The number of nitrogens with zero attached hydrogens (tertiary/aromatic N) is 3. The summed E-state index contributed by atoms with van der Waals surface area (Å²) in [5.41, 5.74) is 6.75. The number of nitrogens with one attached hydrogen (secondary N) is 1. The number of aliphatic hydroxyl groups excluding tert-OH is 1. The van der Waals surface area contributed by atoms with Crippen LogP contribution in [-0.2, 0) is 10.9 Å². The maximum atomic E-state index is 13.5. The molecule has 0 spiro atoms. The highest BCUT2D eigenvalue weighted by Crippen LogP contribution is 2.34. The summed E-state index contributed by atoms with van der Waals surface area (Å²) in [6.45, 7) is 0.473. The fourth-order valence-electron chi connectivity index (χ4n) is 4.78. The summed E-state index contributed by atoms with van der Waals surface area (Å²) in [6.07, 6.45) is -4.03. The Labute approximate surface area is 233 Å². The van der Waals surface area contributed by atoms with E-state index in [9.17, 15) is 28.3 Å². The van der Waals surface area contributed by atoms with E-state index in [1.165, 1.54) is 24.3 Å².